The Labute approximate surface area is 185 Å². The number of hydrogen-bond donors (Lipinski definition) is 3. The first-order valence-corrected chi connectivity index (χ1v) is 9.70. The van der Waals surface area contributed by atoms with Crippen molar-refractivity contribution in [1.29, 1.82) is 0 Å². The Bertz CT molecular complexity index is 1070. The van der Waals surface area contributed by atoms with Gasteiger partial charge >= 0.3 is 18.2 Å². The minimum absolute atomic E-state index is 0.0447. The third kappa shape index (κ3) is 4.29. The van der Waals surface area contributed by atoms with E-state index in [0.717, 1.165) is 19.3 Å². The van der Waals surface area contributed by atoms with E-state index in [9.17, 15) is 32.7 Å². The zero-order chi connectivity index (χ0) is 24.4. The number of carbonyl (C=O) groups excluding carboxylic acids is 3. The molecular formula is C21H20F3N3O6. The second-order valence-corrected chi connectivity index (χ2v) is 6.99. The number of esters is 1. The molecule has 2 aromatic rings. The molecule has 2 heterocycles. The third-order valence-corrected chi connectivity index (χ3v) is 4.94. The average molecular weight is 467 g/mol. The number of furan rings is 1. The summed E-state index contributed by atoms with van der Waals surface area (Å²) >= 11 is 0. The van der Waals surface area contributed by atoms with E-state index in [0.29, 0.717) is 0 Å². The van der Waals surface area contributed by atoms with Crippen LogP contribution in [0.5, 0.6) is 0 Å². The number of Topliss-reactive ketones (excluding diaryl/α,β-unsaturated/α-hetero) is 1. The van der Waals surface area contributed by atoms with Crippen LogP contribution in [0.2, 0.25) is 0 Å². The van der Waals surface area contributed by atoms with Gasteiger partial charge in [-0.05, 0) is 38.1 Å². The highest BCUT2D eigenvalue weighted by Gasteiger charge is 2.71. The molecule has 2 atom stereocenters. The van der Waals surface area contributed by atoms with E-state index in [2.05, 4.69) is 5.32 Å². The van der Waals surface area contributed by atoms with Crippen molar-refractivity contribution >= 4 is 23.5 Å². The number of nitrogens with zero attached hydrogens (tertiary/aromatic N) is 1. The third-order valence-electron chi connectivity index (χ3n) is 4.94. The van der Waals surface area contributed by atoms with E-state index in [1.54, 1.807) is 18.2 Å². The Kier molecular flexibility index (Phi) is 6.49. The van der Waals surface area contributed by atoms with Crippen LogP contribution in [0.1, 0.15) is 24.4 Å². The Morgan fingerprint density at radius 3 is 2.39 bits per heavy atom. The fraction of sp³-hybridized carbons (Fsp3) is 0.286. The molecule has 2 amide bonds. The topological polar surface area (TPSA) is 121 Å². The molecule has 3 N–H and O–H groups in total. The van der Waals surface area contributed by atoms with E-state index in [-0.39, 0.29) is 17.3 Å². The number of carbonyl (C=O) groups is 3. The van der Waals surface area contributed by atoms with Crippen LogP contribution < -0.4 is 10.7 Å². The molecule has 0 saturated carbocycles. The van der Waals surface area contributed by atoms with Gasteiger partial charge in [0.15, 0.2) is 5.76 Å². The van der Waals surface area contributed by atoms with E-state index in [1.165, 1.54) is 25.1 Å². The molecule has 33 heavy (non-hydrogen) atoms. The summed E-state index contributed by atoms with van der Waals surface area (Å²) in [6.45, 7) is 2.26. The van der Waals surface area contributed by atoms with Gasteiger partial charge in [-0.1, -0.05) is 18.2 Å². The van der Waals surface area contributed by atoms with Crippen LogP contribution in [0.4, 0.5) is 23.7 Å². The second kappa shape index (κ2) is 8.98. The lowest BCUT2D eigenvalue weighted by molar-refractivity contribution is -0.318. The van der Waals surface area contributed by atoms with Gasteiger partial charge in [0.1, 0.15) is 5.92 Å². The predicted molar refractivity (Wildman–Crippen MR) is 107 cm³/mol. The van der Waals surface area contributed by atoms with Gasteiger partial charge in [0, 0.05) is 11.4 Å². The van der Waals surface area contributed by atoms with E-state index in [1.807, 2.05) is 5.43 Å². The molecule has 0 fully saturated rings. The van der Waals surface area contributed by atoms with Crippen LogP contribution in [-0.4, -0.2) is 46.4 Å². The van der Waals surface area contributed by atoms with Crippen molar-refractivity contribution in [2.75, 3.05) is 11.9 Å². The molecule has 3 rings (SSSR count). The zero-order valence-corrected chi connectivity index (χ0v) is 17.5. The molecule has 0 saturated heterocycles. The van der Waals surface area contributed by atoms with Crippen LogP contribution in [0, 0.1) is 5.92 Å². The van der Waals surface area contributed by atoms with Gasteiger partial charge in [-0.3, -0.25) is 4.79 Å². The summed E-state index contributed by atoms with van der Waals surface area (Å²) in [5.41, 5.74) is -3.16. The van der Waals surface area contributed by atoms with Crippen LogP contribution in [0.3, 0.4) is 0 Å². The number of ether oxygens (including phenoxy) is 1. The number of rotatable bonds is 6. The maximum Gasteiger partial charge on any atom is 0.439 e. The number of anilines is 1. The lowest BCUT2D eigenvalue weighted by Crippen LogP contribution is -2.66. The fourth-order valence-electron chi connectivity index (χ4n) is 3.51. The van der Waals surface area contributed by atoms with Crippen LogP contribution >= 0.6 is 0 Å². The van der Waals surface area contributed by atoms with Crippen molar-refractivity contribution in [1.82, 2.24) is 10.4 Å². The quantitative estimate of drug-likeness (QED) is 0.441. The maximum atomic E-state index is 14.3. The average Bonchev–Trinajstić information content (AvgIpc) is 3.36. The Hall–Kier alpha value is -3.80. The van der Waals surface area contributed by atoms with Crippen LogP contribution in [0.15, 0.2) is 64.4 Å². The number of alkyl halides is 3. The molecule has 9 nitrogen and oxygen atoms in total. The van der Waals surface area contributed by atoms with E-state index >= 15 is 0 Å². The number of aliphatic hydroxyl groups is 1. The van der Waals surface area contributed by atoms with Crippen LogP contribution in [-0.2, 0) is 9.53 Å². The Morgan fingerprint density at radius 1 is 1.18 bits per heavy atom. The summed E-state index contributed by atoms with van der Waals surface area (Å²) < 4.78 is 52.6. The van der Waals surface area contributed by atoms with E-state index in [4.69, 9.17) is 9.15 Å². The summed E-state index contributed by atoms with van der Waals surface area (Å²) in [7, 11) is 0. The van der Waals surface area contributed by atoms with Gasteiger partial charge < -0.3 is 19.6 Å². The highest BCUT2D eigenvalue weighted by atomic mass is 19.4. The Morgan fingerprint density at radius 2 is 1.85 bits per heavy atom. The summed E-state index contributed by atoms with van der Waals surface area (Å²) in [6, 6.07) is 8.99. The van der Waals surface area contributed by atoms with Gasteiger partial charge in [-0.2, -0.15) is 13.2 Å². The molecule has 1 aromatic heterocycles. The number of nitrogens with one attached hydrogen (secondary N) is 2. The minimum Gasteiger partial charge on any atom is -0.463 e. The first-order valence-electron chi connectivity index (χ1n) is 9.70. The molecule has 12 heteroatoms. The number of hydrogen-bond acceptors (Lipinski definition) is 7. The first-order chi connectivity index (χ1) is 15.5. The molecule has 0 spiro atoms. The molecule has 0 bridgehead atoms. The van der Waals surface area contributed by atoms with Gasteiger partial charge in [-0.15, -0.1) is 0 Å². The van der Waals surface area contributed by atoms with Gasteiger partial charge in [0.2, 0.25) is 5.78 Å². The zero-order valence-electron chi connectivity index (χ0n) is 17.5. The van der Waals surface area contributed by atoms with Crippen molar-refractivity contribution in [3.8, 4) is 0 Å². The van der Waals surface area contributed by atoms with Crippen molar-refractivity contribution in [3.05, 3.63) is 65.8 Å². The lowest BCUT2D eigenvalue weighted by atomic mass is 9.85. The molecule has 1 aliphatic rings. The van der Waals surface area contributed by atoms with Crippen molar-refractivity contribution in [2.24, 2.45) is 5.92 Å². The Balaban J connectivity index is 2.08. The monoisotopic (exact) mass is 467 g/mol. The SMILES string of the molecule is CCOC(=O)C1=C(C)N(NC(=O)Nc2ccccc2)C(O)(C(F)(F)F)C1C(=O)c1ccco1. The highest BCUT2D eigenvalue weighted by molar-refractivity contribution is 6.06. The predicted octanol–water partition coefficient (Wildman–Crippen LogP) is 3.22. The highest BCUT2D eigenvalue weighted by Crippen LogP contribution is 2.50. The lowest BCUT2D eigenvalue weighted by Gasteiger charge is -2.40. The number of halogens is 3. The summed E-state index contributed by atoms with van der Waals surface area (Å²) in [5.74, 6) is -5.60. The van der Waals surface area contributed by atoms with Crippen molar-refractivity contribution in [3.63, 3.8) is 0 Å². The van der Waals surface area contributed by atoms with Gasteiger partial charge in [0.05, 0.1) is 18.4 Å². The number of ketones is 1. The molecule has 0 radical (unpaired) electrons. The summed E-state index contributed by atoms with van der Waals surface area (Å²) in [4.78, 5) is 38.0. The number of allylic oxidation sites excluding steroid dienone is 1. The second-order valence-electron chi connectivity index (χ2n) is 6.99. The van der Waals surface area contributed by atoms with Crippen LogP contribution in [0.25, 0.3) is 0 Å². The largest absolute Gasteiger partial charge is 0.463 e. The number of benzene rings is 1. The molecule has 1 aliphatic heterocycles. The molecule has 2 unspecified atom stereocenters. The normalized spacial score (nSPS) is 20.5. The number of para-hydroxylation sites is 1. The number of hydrazine groups is 1. The van der Waals surface area contributed by atoms with Crippen molar-refractivity contribution < 1.29 is 41.8 Å². The van der Waals surface area contributed by atoms with Gasteiger partial charge in [0.25, 0.3) is 5.72 Å². The molecule has 176 valence electrons. The van der Waals surface area contributed by atoms with E-state index < -0.39 is 52.6 Å². The summed E-state index contributed by atoms with van der Waals surface area (Å²) in [5, 5.41) is 13.3. The standard InChI is InChI=1S/C21H20F3N3O6/c1-3-32-18(29)15-12(2)27(26-19(30)25-13-8-5-4-6-9-13)20(31,21(22,23)24)16(15)17(28)14-10-7-11-33-14/h4-11,16,31H,3H2,1-2H3,(H2,25,26,30). The van der Waals surface area contributed by atoms with Crippen molar-refractivity contribution in [2.45, 2.75) is 25.7 Å². The number of amides is 2. The molecule has 0 aliphatic carbocycles. The maximum absolute atomic E-state index is 14.3. The first kappa shape index (κ1) is 23.9. The van der Waals surface area contributed by atoms with Gasteiger partial charge in [-0.25, -0.2) is 20.0 Å². The smallest absolute Gasteiger partial charge is 0.439 e. The summed E-state index contributed by atoms with van der Waals surface area (Å²) in [6.07, 6.45) is -4.45. The number of urea groups is 1. The fourth-order valence-corrected chi connectivity index (χ4v) is 3.51. The minimum atomic E-state index is -5.50. The molecular weight excluding hydrogens is 447 g/mol. The molecule has 1 aromatic carbocycles.